The van der Waals surface area contributed by atoms with Crippen molar-refractivity contribution >= 4 is 5.69 Å². The first kappa shape index (κ1) is 14.4. The Hall–Kier alpha value is -1.06. The standard InChI is InChI=1S/C16H27N3/c1-18-11-4-6-16(13-18)19(2)12-3-5-14-7-9-15(17)10-8-14/h7-10,16H,3-6,11-13,17H2,1-2H3. The number of likely N-dealkylation sites (tertiary alicyclic amines) is 1. The summed E-state index contributed by atoms with van der Waals surface area (Å²) >= 11 is 0. The third-order valence-corrected chi connectivity index (χ3v) is 4.18. The Morgan fingerprint density at radius 2 is 2.05 bits per heavy atom. The molecule has 1 fully saturated rings. The molecule has 1 saturated heterocycles. The lowest BCUT2D eigenvalue weighted by Gasteiger charge is -2.35. The maximum Gasteiger partial charge on any atom is 0.0314 e. The van der Waals surface area contributed by atoms with Gasteiger partial charge in [-0.1, -0.05) is 12.1 Å². The van der Waals surface area contributed by atoms with Crippen molar-refractivity contribution in [3.63, 3.8) is 0 Å². The Morgan fingerprint density at radius 1 is 1.32 bits per heavy atom. The fourth-order valence-electron chi connectivity index (χ4n) is 2.90. The summed E-state index contributed by atoms with van der Waals surface area (Å²) in [6.45, 7) is 3.66. The lowest BCUT2D eigenvalue weighted by atomic mass is 10.0. The lowest BCUT2D eigenvalue weighted by molar-refractivity contribution is 0.133. The maximum absolute atomic E-state index is 5.70. The Balaban J connectivity index is 1.71. The van der Waals surface area contributed by atoms with Gasteiger partial charge >= 0.3 is 0 Å². The molecule has 2 N–H and O–H groups in total. The van der Waals surface area contributed by atoms with Gasteiger partial charge in [-0.25, -0.2) is 0 Å². The predicted octanol–water partition coefficient (Wildman–Crippen LogP) is 2.23. The number of nitrogens with zero attached hydrogens (tertiary/aromatic N) is 2. The average Bonchev–Trinajstić information content (AvgIpc) is 2.41. The van der Waals surface area contributed by atoms with Gasteiger partial charge in [0.05, 0.1) is 0 Å². The van der Waals surface area contributed by atoms with E-state index in [0.29, 0.717) is 0 Å². The number of hydrogen-bond acceptors (Lipinski definition) is 3. The number of likely N-dealkylation sites (N-methyl/N-ethyl adjacent to an activating group) is 2. The van der Waals surface area contributed by atoms with Crippen molar-refractivity contribution in [2.45, 2.75) is 31.7 Å². The highest BCUT2D eigenvalue weighted by atomic mass is 15.2. The topological polar surface area (TPSA) is 32.5 Å². The molecule has 1 aliphatic rings. The highest BCUT2D eigenvalue weighted by molar-refractivity contribution is 5.39. The molecule has 0 bridgehead atoms. The Labute approximate surface area is 117 Å². The van der Waals surface area contributed by atoms with Crippen LogP contribution in [0, 0.1) is 0 Å². The Kier molecular flexibility index (Phi) is 5.23. The largest absolute Gasteiger partial charge is 0.399 e. The molecule has 106 valence electrons. The first-order chi connectivity index (χ1) is 9.15. The summed E-state index contributed by atoms with van der Waals surface area (Å²) in [5.41, 5.74) is 7.95. The Morgan fingerprint density at radius 3 is 2.74 bits per heavy atom. The molecular weight excluding hydrogens is 234 g/mol. The summed E-state index contributed by atoms with van der Waals surface area (Å²) in [4.78, 5) is 4.98. The summed E-state index contributed by atoms with van der Waals surface area (Å²) in [6, 6.07) is 9.02. The molecular formula is C16H27N3. The zero-order chi connectivity index (χ0) is 13.7. The second-order valence-corrected chi connectivity index (χ2v) is 5.88. The Bertz CT molecular complexity index is 374. The number of nitrogens with two attached hydrogens (primary N) is 1. The van der Waals surface area contributed by atoms with Crippen LogP contribution >= 0.6 is 0 Å². The SMILES string of the molecule is CN1CCCC(N(C)CCCc2ccc(N)cc2)C1. The molecule has 0 spiro atoms. The van der Waals surface area contributed by atoms with Gasteiger partial charge in [-0.15, -0.1) is 0 Å². The van der Waals surface area contributed by atoms with E-state index in [-0.39, 0.29) is 0 Å². The molecule has 0 aliphatic carbocycles. The second-order valence-electron chi connectivity index (χ2n) is 5.88. The van der Waals surface area contributed by atoms with Gasteiger partial charge < -0.3 is 15.5 Å². The smallest absolute Gasteiger partial charge is 0.0314 e. The maximum atomic E-state index is 5.70. The van der Waals surface area contributed by atoms with Crippen LogP contribution in [-0.4, -0.2) is 49.6 Å². The van der Waals surface area contributed by atoms with Crippen molar-refractivity contribution in [1.82, 2.24) is 9.80 Å². The van der Waals surface area contributed by atoms with Crippen LogP contribution in [0.25, 0.3) is 0 Å². The van der Waals surface area contributed by atoms with E-state index in [1.807, 2.05) is 12.1 Å². The van der Waals surface area contributed by atoms with Crippen molar-refractivity contribution in [3.8, 4) is 0 Å². The van der Waals surface area contributed by atoms with E-state index in [9.17, 15) is 0 Å². The molecule has 0 amide bonds. The molecule has 1 heterocycles. The van der Waals surface area contributed by atoms with Crippen LogP contribution in [-0.2, 0) is 6.42 Å². The van der Waals surface area contributed by atoms with E-state index in [2.05, 4.69) is 36.0 Å². The second kappa shape index (κ2) is 6.92. The van der Waals surface area contributed by atoms with Crippen molar-refractivity contribution in [3.05, 3.63) is 29.8 Å². The number of anilines is 1. The summed E-state index contributed by atoms with van der Waals surface area (Å²) < 4.78 is 0. The van der Waals surface area contributed by atoms with Gasteiger partial charge in [0.15, 0.2) is 0 Å². The zero-order valence-electron chi connectivity index (χ0n) is 12.3. The van der Waals surface area contributed by atoms with Gasteiger partial charge in [0, 0.05) is 18.3 Å². The summed E-state index contributed by atoms with van der Waals surface area (Å²) in [6.07, 6.45) is 5.06. The molecule has 1 unspecified atom stereocenters. The third kappa shape index (κ3) is 4.51. The van der Waals surface area contributed by atoms with Crippen molar-refractivity contribution in [2.75, 3.05) is 39.5 Å². The molecule has 1 aromatic carbocycles. The summed E-state index contributed by atoms with van der Waals surface area (Å²) in [7, 11) is 4.50. The van der Waals surface area contributed by atoms with Crippen LogP contribution in [0.2, 0.25) is 0 Å². The summed E-state index contributed by atoms with van der Waals surface area (Å²) in [5.74, 6) is 0. The van der Waals surface area contributed by atoms with E-state index < -0.39 is 0 Å². The van der Waals surface area contributed by atoms with Gasteiger partial charge in [0.1, 0.15) is 0 Å². The molecule has 0 saturated carbocycles. The zero-order valence-corrected chi connectivity index (χ0v) is 12.3. The van der Waals surface area contributed by atoms with Crippen LogP contribution in [0.15, 0.2) is 24.3 Å². The number of piperidine rings is 1. The van der Waals surface area contributed by atoms with Crippen molar-refractivity contribution < 1.29 is 0 Å². The van der Waals surface area contributed by atoms with Gasteiger partial charge in [-0.2, -0.15) is 0 Å². The minimum absolute atomic E-state index is 0.741. The fraction of sp³-hybridized carbons (Fsp3) is 0.625. The van der Waals surface area contributed by atoms with E-state index in [1.165, 1.54) is 44.5 Å². The van der Waals surface area contributed by atoms with Gasteiger partial charge in [0.25, 0.3) is 0 Å². The monoisotopic (exact) mass is 261 g/mol. The first-order valence-corrected chi connectivity index (χ1v) is 7.38. The molecule has 0 aromatic heterocycles. The van der Waals surface area contributed by atoms with Gasteiger partial charge in [-0.05, 0) is 70.6 Å². The molecule has 1 aromatic rings. The minimum atomic E-state index is 0.741. The highest BCUT2D eigenvalue weighted by Crippen LogP contribution is 2.14. The first-order valence-electron chi connectivity index (χ1n) is 7.38. The predicted molar refractivity (Wildman–Crippen MR) is 82.3 cm³/mol. The minimum Gasteiger partial charge on any atom is -0.399 e. The average molecular weight is 261 g/mol. The van der Waals surface area contributed by atoms with E-state index in [1.54, 1.807) is 0 Å². The number of benzene rings is 1. The van der Waals surface area contributed by atoms with Crippen LogP contribution in [0.4, 0.5) is 5.69 Å². The summed E-state index contributed by atoms with van der Waals surface area (Å²) in [5, 5.41) is 0. The molecule has 1 aliphatic heterocycles. The number of aryl methyl sites for hydroxylation is 1. The molecule has 3 heteroatoms. The van der Waals surface area contributed by atoms with Crippen LogP contribution in [0.5, 0.6) is 0 Å². The molecule has 1 atom stereocenters. The van der Waals surface area contributed by atoms with Crippen molar-refractivity contribution in [2.24, 2.45) is 0 Å². The molecule has 0 radical (unpaired) electrons. The van der Waals surface area contributed by atoms with Gasteiger partial charge in [-0.3, -0.25) is 0 Å². The molecule has 3 nitrogen and oxygen atoms in total. The van der Waals surface area contributed by atoms with Crippen molar-refractivity contribution in [1.29, 1.82) is 0 Å². The molecule has 19 heavy (non-hydrogen) atoms. The van der Waals surface area contributed by atoms with E-state index in [4.69, 9.17) is 5.73 Å². The van der Waals surface area contributed by atoms with Gasteiger partial charge in [0.2, 0.25) is 0 Å². The van der Waals surface area contributed by atoms with Crippen LogP contribution < -0.4 is 5.73 Å². The number of hydrogen-bond donors (Lipinski definition) is 1. The fourth-order valence-corrected chi connectivity index (χ4v) is 2.90. The normalized spacial score (nSPS) is 20.9. The van der Waals surface area contributed by atoms with Crippen LogP contribution in [0.3, 0.4) is 0 Å². The van der Waals surface area contributed by atoms with Crippen LogP contribution in [0.1, 0.15) is 24.8 Å². The quantitative estimate of drug-likeness (QED) is 0.825. The van der Waals surface area contributed by atoms with E-state index in [0.717, 1.165) is 18.2 Å². The highest BCUT2D eigenvalue weighted by Gasteiger charge is 2.20. The van der Waals surface area contributed by atoms with E-state index >= 15 is 0 Å². The third-order valence-electron chi connectivity index (χ3n) is 4.18. The number of nitrogen functional groups attached to an aromatic ring is 1. The number of rotatable bonds is 5. The lowest BCUT2D eigenvalue weighted by Crippen LogP contribution is -2.45. The molecule has 2 rings (SSSR count).